The number of thiazole rings is 1. The van der Waals surface area contributed by atoms with Crippen LogP contribution in [0.4, 0.5) is 13.2 Å². The number of alkyl halides is 3. The van der Waals surface area contributed by atoms with Gasteiger partial charge in [-0.2, -0.15) is 13.2 Å². The first-order valence-corrected chi connectivity index (χ1v) is 12.6. The van der Waals surface area contributed by atoms with E-state index < -0.39 is 23.3 Å². The average Bonchev–Trinajstić information content (AvgIpc) is 3.21. The van der Waals surface area contributed by atoms with E-state index >= 15 is 0 Å². The minimum atomic E-state index is -4.39. The third-order valence-corrected chi connectivity index (χ3v) is 6.82. The first-order valence-electron chi connectivity index (χ1n) is 11.7. The lowest BCUT2D eigenvalue weighted by Crippen LogP contribution is -2.39. The molecular formula is C28H30F3NO4S. The van der Waals surface area contributed by atoms with Gasteiger partial charge >= 0.3 is 12.1 Å². The van der Waals surface area contributed by atoms with Crippen LogP contribution in [0.2, 0.25) is 0 Å². The average molecular weight is 534 g/mol. The van der Waals surface area contributed by atoms with Gasteiger partial charge in [-0.05, 0) is 70.5 Å². The smallest absolute Gasteiger partial charge is 0.416 e. The van der Waals surface area contributed by atoms with Crippen LogP contribution < -0.4 is 9.47 Å². The molecule has 0 spiro atoms. The van der Waals surface area contributed by atoms with Crippen LogP contribution in [0.25, 0.3) is 10.6 Å². The molecule has 0 saturated carbocycles. The first-order chi connectivity index (χ1) is 17.4. The van der Waals surface area contributed by atoms with Gasteiger partial charge in [0.25, 0.3) is 0 Å². The molecule has 0 radical (unpaired) electrons. The fourth-order valence-electron chi connectivity index (χ4n) is 3.59. The minimum Gasteiger partial charge on any atom is -0.484 e. The molecule has 0 saturated heterocycles. The summed E-state index contributed by atoms with van der Waals surface area (Å²) in [6.45, 7) is 12.8. The Morgan fingerprint density at radius 3 is 2.38 bits per heavy atom. The molecule has 1 heterocycles. The topological polar surface area (TPSA) is 57.7 Å². The van der Waals surface area contributed by atoms with Crippen LogP contribution in [0.5, 0.6) is 11.5 Å². The van der Waals surface area contributed by atoms with E-state index in [-0.39, 0.29) is 12.7 Å². The van der Waals surface area contributed by atoms with Crippen LogP contribution in [0.1, 0.15) is 55.0 Å². The Balaban J connectivity index is 1.81. The lowest BCUT2D eigenvalue weighted by atomic mass is 10.1. The van der Waals surface area contributed by atoms with Gasteiger partial charge in [0.2, 0.25) is 0 Å². The Morgan fingerprint density at radius 2 is 1.81 bits per heavy atom. The number of benzene rings is 2. The molecule has 1 aromatic heterocycles. The zero-order valence-electron chi connectivity index (χ0n) is 21.4. The summed E-state index contributed by atoms with van der Waals surface area (Å²) in [4.78, 5) is 17.6. The fourth-order valence-corrected chi connectivity index (χ4v) is 4.70. The van der Waals surface area contributed by atoms with Crippen LogP contribution in [0, 0.1) is 13.8 Å². The zero-order valence-corrected chi connectivity index (χ0v) is 22.3. The molecule has 9 heteroatoms. The van der Waals surface area contributed by atoms with Gasteiger partial charge in [-0.25, -0.2) is 9.78 Å². The van der Waals surface area contributed by atoms with Crippen molar-refractivity contribution in [1.29, 1.82) is 0 Å². The minimum absolute atomic E-state index is 0.264. The lowest BCUT2D eigenvalue weighted by Gasteiger charge is -2.25. The Labute approximate surface area is 218 Å². The summed E-state index contributed by atoms with van der Waals surface area (Å²) < 4.78 is 56.1. The fraction of sp³-hybridized carbons (Fsp3) is 0.357. The van der Waals surface area contributed by atoms with E-state index in [1.54, 1.807) is 39.0 Å². The summed E-state index contributed by atoms with van der Waals surface area (Å²) >= 11 is 1.38. The first kappa shape index (κ1) is 28.2. The van der Waals surface area contributed by atoms with Crippen molar-refractivity contribution in [2.45, 2.75) is 58.9 Å². The second-order valence-electron chi connectivity index (χ2n) is 8.93. The second-order valence-corrected chi connectivity index (χ2v) is 9.97. The summed E-state index contributed by atoms with van der Waals surface area (Å²) in [5.41, 5.74) is 0.263. The summed E-state index contributed by atoms with van der Waals surface area (Å²) in [5.74, 6) is 0.670. The number of carbonyl (C=O) groups is 1. The third kappa shape index (κ3) is 6.91. The number of hydrogen-bond acceptors (Lipinski definition) is 6. The number of halogens is 3. The maximum absolute atomic E-state index is 12.9. The number of aromatic nitrogens is 1. The molecule has 0 fully saturated rings. The van der Waals surface area contributed by atoms with Crippen molar-refractivity contribution < 1.29 is 32.2 Å². The molecule has 5 nitrogen and oxygen atoms in total. The molecule has 3 rings (SSSR count). The molecule has 0 N–H and O–H groups in total. The van der Waals surface area contributed by atoms with E-state index in [0.717, 1.165) is 28.3 Å². The highest BCUT2D eigenvalue weighted by Gasteiger charge is 2.32. The molecule has 0 aliphatic carbocycles. The van der Waals surface area contributed by atoms with Crippen molar-refractivity contribution in [2.24, 2.45) is 0 Å². The van der Waals surface area contributed by atoms with Gasteiger partial charge in [0.15, 0.2) is 5.60 Å². The highest BCUT2D eigenvalue weighted by Crippen LogP contribution is 2.38. The molecule has 0 amide bonds. The van der Waals surface area contributed by atoms with Crippen molar-refractivity contribution in [2.75, 3.05) is 6.61 Å². The van der Waals surface area contributed by atoms with Crippen molar-refractivity contribution in [3.05, 3.63) is 76.8 Å². The monoisotopic (exact) mass is 533 g/mol. The molecule has 2 aromatic carbocycles. The van der Waals surface area contributed by atoms with E-state index in [1.807, 2.05) is 19.9 Å². The second kappa shape index (κ2) is 11.4. The van der Waals surface area contributed by atoms with E-state index in [4.69, 9.17) is 14.2 Å². The highest BCUT2D eigenvalue weighted by molar-refractivity contribution is 7.15. The molecule has 0 aliphatic rings. The summed E-state index contributed by atoms with van der Waals surface area (Å²) in [6.07, 6.45) is -2.53. The van der Waals surface area contributed by atoms with E-state index in [2.05, 4.69) is 11.6 Å². The van der Waals surface area contributed by atoms with Crippen LogP contribution in [-0.4, -0.2) is 23.2 Å². The van der Waals surface area contributed by atoms with E-state index in [1.165, 1.54) is 23.5 Å². The summed E-state index contributed by atoms with van der Waals surface area (Å²) in [6, 6.07) is 10.3. The Hall–Kier alpha value is -3.33. The molecule has 0 aliphatic heterocycles. The van der Waals surface area contributed by atoms with Gasteiger partial charge in [-0.15, -0.1) is 17.9 Å². The Morgan fingerprint density at radius 1 is 1.14 bits per heavy atom. The molecule has 0 bridgehead atoms. The van der Waals surface area contributed by atoms with Gasteiger partial charge in [-0.3, -0.25) is 0 Å². The van der Waals surface area contributed by atoms with Crippen molar-refractivity contribution >= 4 is 17.3 Å². The van der Waals surface area contributed by atoms with E-state index in [0.29, 0.717) is 28.5 Å². The quantitative estimate of drug-likeness (QED) is 0.196. The number of carbonyl (C=O) groups excluding carboxylic acids is 1. The normalized spacial score (nSPS) is 12.6. The summed E-state index contributed by atoms with van der Waals surface area (Å²) in [5, 5.41) is 0.611. The van der Waals surface area contributed by atoms with Crippen LogP contribution in [0.3, 0.4) is 0 Å². The molecule has 1 unspecified atom stereocenters. The van der Waals surface area contributed by atoms with Gasteiger partial charge in [0.05, 0.1) is 22.7 Å². The van der Waals surface area contributed by atoms with Crippen molar-refractivity contribution in [1.82, 2.24) is 4.98 Å². The summed E-state index contributed by atoms with van der Waals surface area (Å²) in [7, 11) is 0. The number of rotatable bonds is 10. The molecule has 37 heavy (non-hydrogen) atoms. The Kier molecular flexibility index (Phi) is 8.68. The SMILES string of the molecule is C=CCC(Oc1ccc(OC(C)(C)C(=O)OCC)c(C)c1)c1sc(-c2ccc(C(F)(F)F)cc2)nc1C. The molecular weight excluding hydrogens is 503 g/mol. The van der Waals surface area contributed by atoms with Gasteiger partial charge < -0.3 is 14.2 Å². The maximum Gasteiger partial charge on any atom is 0.416 e. The van der Waals surface area contributed by atoms with Gasteiger partial charge in [0, 0.05) is 12.0 Å². The number of esters is 1. The van der Waals surface area contributed by atoms with Crippen LogP contribution in [-0.2, 0) is 15.7 Å². The lowest BCUT2D eigenvalue weighted by molar-refractivity contribution is -0.158. The van der Waals surface area contributed by atoms with Crippen LogP contribution in [0.15, 0.2) is 55.1 Å². The maximum atomic E-state index is 12.9. The Bertz CT molecular complexity index is 1250. The highest BCUT2D eigenvalue weighted by atomic mass is 32.1. The van der Waals surface area contributed by atoms with Gasteiger partial charge in [0.1, 0.15) is 22.6 Å². The van der Waals surface area contributed by atoms with E-state index in [9.17, 15) is 18.0 Å². The number of ether oxygens (including phenoxy) is 3. The van der Waals surface area contributed by atoms with Crippen molar-refractivity contribution in [3.63, 3.8) is 0 Å². The standard InChI is InChI=1S/C28H30F3NO4S/c1-7-9-23(24-18(4)32-25(37-24)19-10-12-20(13-11-19)28(29,30)31)35-21-14-15-22(17(3)16-21)36-27(5,6)26(33)34-8-2/h7,10-16,23H,1,8-9H2,2-6H3. The largest absolute Gasteiger partial charge is 0.484 e. The third-order valence-electron chi connectivity index (χ3n) is 5.52. The van der Waals surface area contributed by atoms with Gasteiger partial charge in [-0.1, -0.05) is 18.2 Å². The van der Waals surface area contributed by atoms with Crippen molar-refractivity contribution in [3.8, 4) is 22.1 Å². The number of hydrogen-bond donors (Lipinski definition) is 0. The number of aryl methyl sites for hydroxylation is 2. The molecule has 3 aromatic rings. The van der Waals surface area contributed by atoms with Crippen LogP contribution >= 0.6 is 11.3 Å². The number of nitrogens with zero attached hydrogens (tertiary/aromatic N) is 1. The zero-order chi connectivity index (χ0) is 27.4. The predicted octanol–water partition coefficient (Wildman–Crippen LogP) is 7.86. The predicted molar refractivity (Wildman–Crippen MR) is 138 cm³/mol. The molecule has 198 valence electrons. The molecule has 1 atom stereocenters.